The van der Waals surface area contributed by atoms with E-state index >= 15 is 0 Å². The minimum atomic E-state index is -0.724. The maximum atomic E-state index is 11.2. The van der Waals surface area contributed by atoms with E-state index in [1.54, 1.807) is 0 Å². The highest BCUT2D eigenvalue weighted by Gasteiger charge is 2.45. The lowest BCUT2D eigenvalue weighted by Crippen LogP contribution is -2.38. The molecule has 0 saturated carbocycles. The van der Waals surface area contributed by atoms with Crippen LogP contribution in [0.3, 0.4) is 0 Å². The summed E-state index contributed by atoms with van der Waals surface area (Å²) >= 11 is 2.92. The quantitative estimate of drug-likeness (QED) is 0.445. The number of fused-ring (bicyclic) bond motifs is 1. The number of anilines is 2. The van der Waals surface area contributed by atoms with Crippen molar-refractivity contribution in [3.05, 3.63) is 53.0 Å². The second-order valence-corrected chi connectivity index (χ2v) is 10.1. The SMILES string of the molecule is CCCCC1(CCCC)CN(c2ccccc2)c2cc(Br)ccc2[S+](O)C1. The summed E-state index contributed by atoms with van der Waals surface area (Å²) in [5, 5.41) is 0. The van der Waals surface area contributed by atoms with Crippen LogP contribution in [0, 0.1) is 5.41 Å². The number of hydrogen-bond acceptors (Lipinski definition) is 2. The van der Waals surface area contributed by atoms with Crippen LogP contribution in [0.5, 0.6) is 0 Å². The Morgan fingerprint density at radius 1 is 1.04 bits per heavy atom. The number of nitrogens with zero attached hydrogens (tertiary/aromatic N) is 1. The molecular weight excluding hydrogens is 418 g/mol. The minimum Gasteiger partial charge on any atom is -0.337 e. The average molecular weight is 449 g/mol. The second kappa shape index (κ2) is 9.49. The summed E-state index contributed by atoms with van der Waals surface area (Å²) in [6.07, 6.45) is 7.24. The predicted octanol–water partition coefficient (Wildman–Crippen LogP) is 7.42. The third kappa shape index (κ3) is 4.90. The Balaban J connectivity index is 2.08. The second-order valence-electron chi connectivity index (χ2n) is 7.75. The highest BCUT2D eigenvalue weighted by molar-refractivity contribution is 9.10. The molecule has 4 heteroatoms. The van der Waals surface area contributed by atoms with E-state index in [-0.39, 0.29) is 5.41 Å². The van der Waals surface area contributed by atoms with Gasteiger partial charge in [0.25, 0.3) is 0 Å². The maximum absolute atomic E-state index is 11.2. The first-order valence-corrected chi connectivity index (χ1v) is 12.2. The smallest absolute Gasteiger partial charge is 0.213 e. The van der Waals surface area contributed by atoms with Crippen molar-refractivity contribution in [3.63, 3.8) is 0 Å². The van der Waals surface area contributed by atoms with Gasteiger partial charge in [0.1, 0.15) is 5.69 Å². The van der Waals surface area contributed by atoms with E-state index in [9.17, 15) is 4.55 Å². The zero-order valence-electron chi connectivity index (χ0n) is 16.5. The molecule has 0 amide bonds. The van der Waals surface area contributed by atoms with Crippen molar-refractivity contribution >= 4 is 38.5 Å². The van der Waals surface area contributed by atoms with Crippen LogP contribution in [0.1, 0.15) is 52.4 Å². The Kier molecular flexibility index (Phi) is 7.29. The summed E-state index contributed by atoms with van der Waals surface area (Å²) in [5.74, 6) is 0.880. The van der Waals surface area contributed by atoms with E-state index in [1.807, 2.05) is 0 Å². The fourth-order valence-corrected chi connectivity index (χ4v) is 6.20. The molecule has 2 aromatic carbocycles. The summed E-state index contributed by atoms with van der Waals surface area (Å²) in [7, 11) is 0. The lowest BCUT2D eigenvalue weighted by atomic mass is 9.79. The van der Waals surface area contributed by atoms with E-state index in [1.165, 1.54) is 44.2 Å². The molecule has 1 aliphatic rings. The molecule has 0 fully saturated rings. The molecular formula is C23H31BrNOS+. The zero-order valence-corrected chi connectivity index (χ0v) is 18.9. The predicted molar refractivity (Wildman–Crippen MR) is 122 cm³/mol. The summed E-state index contributed by atoms with van der Waals surface area (Å²) in [6, 6.07) is 17.0. The van der Waals surface area contributed by atoms with Crippen LogP contribution >= 0.6 is 15.9 Å². The third-order valence-electron chi connectivity index (χ3n) is 5.59. The fraction of sp³-hybridized carbons (Fsp3) is 0.478. The van der Waals surface area contributed by atoms with Crippen molar-refractivity contribution in [2.75, 3.05) is 17.2 Å². The van der Waals surface area contributed by atoms with Crippen LogP contribution in [0.4, 0.5) is 11.4 Å². The molecule has 1 N–H and O–H groups in total. The summed E-state index contributed by atoms with van der Waals surface area (Å²) < 4.78 is 12.3. The van der Waals surface area contributed by atoms with Gasteiger partial charge in [-0.05, 0) is 43.2 Å². The first kappa shape index (κ1) is 20.8. The largest absolute Gasteiger partial charge is 0.337 e. The van der Waals surface area contributed by atoms with Crippen LogP contribution in [0.25, 0.3) is 0 Å². The van der Waals surface area contributed by atoms with Gasteiger partial charge >= 0.3 is 0 Å². The number of para-hydroxylation sites is 1. The highest BCUT2D eigenvalue weighted by atomic mass is 79.9. The molecule has 146 valence electrons. The lowest BCUT2D eigenvalue weighted by Gasteiger charge is -2.35. The zero-order chi connectivity index (χ0) is 19.3. The van der Waals surface area contributed by atoms with E-state index in [0.717, 1.165) is 27.4 Å². The number of unbranched alkanes of at least 4 members (excludes halogenated alkanes) is 2. The maximum Gasteiger partial charge on any atom is 0.213 e. The molecule has 0 radical (unpaired) electrons. The molecule has 2 nitrogen and oxygen atoms in total. The summed E-state index contributed by atoms with van der Waals surface area (Å²) in [5.41, 5.74) is 2.52. The first-order chi connectivity index (χ1) is 13.1. The Hall–Kier alpha value is -0.970. The van der Waals surface area contributed by atoms with Crippen LogP contribution in [-0.2, 0) is 11.2 Å². The summed E-state index contributed by atoms with van der Waals surface area (Å²) in [6.45, 7) is 5.51. The van der Waals surface area contributed by atoms with Crippen LogP contribution in [-0.4, -0.2) is 16.9 Å². The average Bonchev–Trinajstić information content (AvgIpc) is 2.80. The van der Waals surface area contributed by atoms with Gasteiger partial charge in [0.2, 0.25) is 4.90 Å². The Labute approximate surface area is 175 Å². The summed E-state index contributed by atoms with van der Waals surface area (Å²) in [4.78, 5) is 3.53. The first-order valence-electron chi connectivity index (χ1n) is 10.1. The fourth-order valence-electron chi connectivity index (χ4n) is 4.10. The molecule has 27 heavy (non-hydrogen) atoms. The van der Waals surface area contributed by atoms with Gasteiger partial charge in [0.05, 0.1) is 0 Å². The van der Waals surface area contributed by atoms with Crippen molar-refractivity contribution in [2.45, 2.75) is 57.3 Å². The molecule has 0 bridgehead atoms. The number of halogens is 1. The van der Waals surface area contributed by atoms with Crippen molar-refractivity contribution in [1.82, 2.24) is 0 Å². The molecule has 1 unspecified atom stereocenters. The van der Waals surface area contributed by atoms with Crippen molar-refractivity contribution < 1.29 is 4.55 Å². The van der Waals surface area contributed by atoms with Crippen molar-refractivity contribution in [2.24, 2.45) is 5.41 Å². The Morgan fingerprint density at radius 3 is 2.33 bits per heavy atom. The van der Waals surface area contributed by atoms with E-state index in [0.29, 0.717) is 0 Å². The van der Waals surface area contributed by atoms with Gasteiger partial charge in [-0.2, -0.15) is 4.55 Å². The molecule has 3 rings (SSSR count). The molecule has 0 aromatic heterocycles. The number of benzene rings is 2. The van der Waals surface area contributed by atoms with Gasteiger partial charge in [0.15, 0.2) is 16.9 Å². The third-order valence-corrected chi connectivity index (χ3v) is 7.82. The van der Waals surface area contributed by atoms with Gasteiger partial charge in [-0.25, -0.2) is 0 Å². The van der Waals surface area contributed by atoms with Crippen molar-refractivity contribution in [3.8, 4) is 0 Å². The molecule has 2 aromatic rings. The van der Waals surface area contributed by atoms with Gasteiger partial charge < -0.3 is 4.90 Å². The molecule has 1 atom stereocenters. The van der Waals surface area contributed by atoms with E-state index < -0.39 is 11.2 Å². The van der Waals surface area contributed by atoms with Gasteiger partial charge in [-0.1, -0.05) is 73.7 Å². The van der Waals surface area contributed by atoms with Crippen molar-refractivity contribution in [1.29, 1.82) is 0 Å². The minimum absolute atomic E-state index is 0.158. The molecule has 1 heterocycles. The number of rotatable bonds is 7. The normalized spacial score (nSPS) is 18.8. The van der Waals surface area contributed by atoms with E-state index in [4.69, 9.17) is 0 Å². The number of hydrogen-bond donors (Lipinski definition) is 1. The highest BCUT2D eigenvalue weighted by Crippen LogP contribution is 2.45. The van der Waals surface area contributed by atoms with Crippen LogP contribution in [0.2, 0.25) is 0 Å². The molecule has 0 spiro atoms. The molecule has 1 aliphatic heterocycles. The van der Waals surface area contributed by atoms with Crippen LogP contribution in [0.15, 0.2) is 57.9 Å². The Bertz CT molecular complexity index is 728. The van der Waals surface area contributed by atoms with E-state index in [2.05, 4.69) is 83.2 Å². The lowest BCUT2D eigenvalue weighted by molar-refractivity contribution is 0.270. The Morgan fingerprint density at radius 2 is 1.70 bits per heavy atom. The van der Waals surface area contributed by atoms with Crippen LogP contribution < -0.4 is 4.90 Å². The monoisotopic (exact) mass is 448 g/mol. The van der Waals surface area contributed by atoms with Gasteiger partial charge in [-0.15, -0.1) is 0 Å². The topological polar surface area (TPSA) is 23.5 Å². The van der Waals surface area contributed by atoms with Gasteiger partial charge in [0, 0.05) is 22.1 Å². The van der Waals surface area contributed by atoms with Gasteiger partial charge in [-0.3, -0.25) is 0 Å². The standard InChI is InChI=1S/C23H31BrNOS/c1-3-5-14-23(15-6-4-2)17-25(20-10-8-7-9-11-20)21-16-19(24)12-13-22(21)27(26)18-23/h7-13,16,26H,3-6,14-15,17-18H2,1-2H3/q+1. The molecule has 0 saturated heterocycles. The molecule has 0 aliphatic carbocycles.